The number of hydrogen-bond donors (Lipinski definition) is 1. The summed E-state index contributed by atoms with van der Waals surface area (Å²) in [6, 6.07) is 11.1. The molecule has 1 aliphatic heterocycles. The fourth-order valence-corrected chi connectivity index (χ4v) is 3.30. The maximum absolute atomic E-state index is 12.2. The molecule has 0 atom stereocenters. The zero-order valence-corrected chi connectivity index (χ0v) is 16.0. The van der Waals surface area contributed by atoms with Gasteiger partial charge < -0.3 is 10.5 Å². The number of primary amides is 1. The van der Waals surface area contributed by atoms with Crippen LogP contribution in [0.25, 0.3) is 6.08 Å². The first-order valence-corrected chi connectivity index (χ1v) is 9.16. The number of hydrogen-bond acceptors (Lipinski definition) is 8. The molecule has 1 fully saturated rings. The summed E-state index contributed by atoms with van der Waals surface area (Å²) >= 11 is 0.691. The van der Waals surface area contributed by atoms with Crippen molar-refractivity contribution in [1.29, 1.82) is 0 Å². The summed E-state index contributed by atoms with van der Waals surface area (Å²) in [5.41, 5.74) is 5.60. The summed E-state index contributed by atoms with van der Waals surface area (Å²) in [4.78, 5) is 58.1. The van der Waals surface area contributed by atoms with Crippen LogP contribution < -0.4 is 10.5 Å². The normalized spacial score (nSPS) is 14.8. The Morgan fingerprint density at radius 2 is 1.73 bits per heavy atom. The summed E-state index contributed by atoms with van der Waals surface area (Å²) in [6.45, 7) is -0.487. The maximum Gasteiger partial charge on any atom is 0.343 e. The average molecular weight is 427 g/mol. The highest BCUT2D eigenvalue weighted by Gasteiger charge is 2.35. The fraction of sp³-hybridized carbons (Fsp3) is 0.0526. The number of thioether (sulfide) groups is 1. The molecule has 0 aliphatic carbocycles. The van der Waals surface area contributed by atoms with Gasteiger partial charge in [0, 0.05) is 12.1 Å². The van der Waals surface area contributed by atoms with Crippen molar-refractivity contribution in [3.63, 3.8) is 0 Å². The summed E-state index contributed by atoms with van der Waals surface area (Å²) < 4.78 is 5.21. The van der Waals surface area contributed by atoms with Gasteiger partial charge in [0.05, 0.1) is 15.4 Å². The van der Waals surface area contributed by atoms with Gasteiger partial charge in [-0.2, -0.15) is 0 Å². The molecule has 1 aliphatic rings. The Morgan fingerprint density at radius 3 is 2.30 bits per heavy atom. The van der Waals surface area contributed by atoms with Gasteiger partial charge in [-0.15, -0.1) is 0 Å². The topological polar surface area (TPSA) is 150 Å². The van der Waals surface area contributed by atoms with Crippen LogP contribution in [0.2, 0.25) is 0 Å². The van der Waals surface area contributed by atoms with E-state index in [1.165, 1.54) is 42.5 Å². The Labute approximate surface area is 173 Å². The van der Waals surface area contributed by atoms with Crippen molar-refractivity contribution in [2.24, 2.45) is 5.73 Å². The van der Waals surface area contributed by atoms with E-state index in [1.807, 2.05) is 0 Å². The van der Waals surface area contributed by atoms with E-state index in [0.717, 1.165) is 4.90 Å². The highest BCUT2D eigenvalue weighted by atomic mass is 32.2. The van der Waals surface area contributed by atoms with E-state index in [1.54, 1.807) is 12.1 Å². The lowest BCUT2D eigenvalue weighted by Crippen LogP contribution is -2.36. The van der Waals surface area contributed by atoms with Crippen molar-refractivity contribution in [3.8, 4) is 5.75 Å². The molecule has 2 N–H and O–H groups in total. The van der Waals surface area contributed by atoms with E-state index in [9.17, 15) is 29.3 Å². The van der Waals surface area contributed by atoms with E-state index < -0.39 is 34.5 Å². The van der Waals surface area contributed by atoms with Gasteiger partial charge in [-0.1, -0.05) is 12.1 Å². The lowest BCUT2D eigenvalue weighted by Gasteiger charge is -2.08. The molecule has 30 heavy (non-hydrogen) atoms. The van der Waals surface area contributed by atoms with Gasteiger partial charge in [0.1, 0.15) is 12.3 Å². The van der Waals surface area contributed by atoms with Crippen molar-refractivity contribution in [2.75, 3.05) is 6.54 Å². The first-order chi connectivity index (χ1) is 14.2. The zero-order valence-electron chi connectivity index (χ0n) is 15.1. The van der Waals surface area contributed by atoms with Gasteiger partial charge in [-0.05, 0) is 47.7 Å². The van der Waals surface area contributed by atoms with Crippen LogP contribution >= 0.6 is 11.8 Å². The maximum atomic E-state index is 12.2. The first kappa shape index (κ1) is 20.7. The standard InChI is InChI=1S/C19H13N3O7S/c20-16(23)10-21-17(24)15(30-19(21)26)9-11-1-7-14(8-2-11)29-18(25)12-3-5-13(6-4-12)22(27)28/h1-9H,10H2,(H2,20,23)/b15-9-. The van der Waals surface area contributed by atoms with Crippen LogP contribution in [0.3, 0.4) is 0 Å². The molecule has 2 aromatic carbocycles. The Morgan fingerprint density at radius 1 is 1.10 bits per heavy atom. The predicted molar refractivity (Wildman–Crippen MR) is 106 cm³/mol. The van der Waals surface area contributed by atoms with Gasteiger partial charge in [0.15, 0.2) is 0 Å². The SMILES string of the molecule is NC(=O)CN1C(=O)S/C(=C\c2ccc(OC(=O)c3ccc([N+](=O)[O-])cc3)cc2)C1=O. The molecule has 2 aromatic rings. The predicted octanol–water partition coefficient (Wildman–Crippen LogP) is 2.34. The van der Waals surface area contributed by atoms with Crippen molar-refractivity contribution in [2.45, 2.75) is 0 Å². The number of nitro benzene ring substituents is 1. The van der Waals surface area contributed by atoms with Crippen LogP contribution in [-0.4, -0.2) is 39.4 Å². The molecule has 0 radical (unpaired) electrons. The monoisotopic (exact) mass is 427 g/mol. The van der Waals surface area contributed by atoms with Crippen molar-refractivity contribution < 1.29 is 28.8 Å². The lowest BCUT2D eigenvalue weighted by atomic mass is 10.2. The van der Waals surface area contributed by atoms with Crippen LogP contribution in [0.5, 0.6) is 5.75 Å². The van der Waals surface area contributed by atoms with Crippen LogP contribution in [-0.2, 0) is 9.59 Å². The fourth-order valence-electron chi connectivity index (χ4n) is 2.46. The Bertz CT molecular complexity index is 1080. The molecule has 3 amide bonds. The van der Waals surface area contributed by atoms with Crippen LogP contribution in [0, 0.1) is 10.1 Å². The minimum atomic E-state index is -0.794. The number of nitrogens with two attached hydrogens (primary N) is 1. The van der Waals surface area contributed by atoms with Gasteiger partial charge in [-0.3, -0.25) is 29.4 Å². The molecule has 10 nitrogen and oxygen atoms in total. The zero-order chi connectivity index (χ0) is 21.8. The third-order valence-corrected chi connectivity index (χ3v) is 4.80. The lowest BCUT2D eigenvalue weighted by molar-refractivity contribution is -0.384. The Kier molecular flexibility index (Phi) is 5.93. The first-order valence-electron chi connectivity index (χ1n) is 8.35. The second-order valence-electron chi connectivity index (χ2n) is 6.00. The molecule has 0 bridgehead atoms. The smallest absolute Gasteiger partial charge is 0.343 e. The van der Waals surface area contributed by atoms with Crippen LogP contribution in [0.15, 0.2) is 53.4 Å². The van der Waals surface area contributed by atoms with Crippen molar-refractivity contribution in [3.05, 3.63) is 74.7 Å². The number of carbonyl (C=O) groups is 4. The highest BCUT2D eigenvalue weighted by Crippen LogP contribution is 2.32. The number of ether oxygens (including phenoxy) is 1. The molecular formula is C19H13N3O7S. The van der Waals surface area contributed by atoms with Gasteiger partial charge in [-0.25, -0.2) is 4.79 Å². The number of imide groups is 1. The Hall–Kier alpha value is -3.99. The van der Waals surface area contributed by atoms with E-state index in [-0.39, 0.29) is 21.9 Å². The minimum absolute atomic E-state index is 0.136. The summed E-state index contributed by atoms with van der Waals surface area (Å²) in [6.07, 6.45) is 1.47. The molecule has 0 saturated carbocycles. The average Bonchev–Trinajstić information content (AvgIpc) is 2.96. The quantitative estimate of drug-likeness (QED) is 0.243. The summed E-state index contributed by atoms with van der Waals surface area (Å²) in [5.74, 6) is -1.88. The van der Waals surface area contributed by atoms with E-state index in [0.29, 0.717) is 17.3 Å². The van der Waals surface area contributed by atoms with Gasteiger partial charge >= 0.3 is 5.97 Å². The van der Waals surface area contributed by atoms with Crippen LogP contribution in [0.1, 0.15) is 15.9 Å². The number of benzene rings is 2. The minimum Gasteiger partial charge on any atom is -0.423 e. The molecular weight excluding hydrogens is 414 g/mol. The molecule has 0 aromatic heterocycles. The highest BCUT2D eigenvalue weighted by molar-refractivity contribution is 8.18. The van der Waals surface area contributed by atoms with Crippen molar-refractivity contribution in [1.82, 2.24) is 4.90 Å². The van der Waals surface area contributed by atoms with Gasteiger partial charge in [0.2, 0.25) is 5.91 Å². The van der Waals surface area contributed by atoms with Crippen LogP contribution in [0.4, 0.5) is 10.5 Å². The second kappa shape index (κ2) is 8.57. The molecule has 152 valence electrons. The largest absolute Gasteiger partial charge is 0.423 e. The molecule has 0 unspecified atom stereocenters. The second-order valence-corrected chi connectivity index (χ2v) is 6.99. The number of nitrogens with zero attached hydrogens (tertiary/aromatic N) is 2. The molecule has 1 saturated heterocycles. The molecule has 3 rings (SSSR count). The third kappa shape index (κ3) is 4.70. The number of rotatable bonds is 6. The number of carbonyl (C=O) groups excluding carboxylic acids is 4. The third-order valence-electron chi connectivity index (χ3n) is 3.89. The Balaban J connectivity index is 1.68. The number of nitro groups is 1. The summed E-state index contributed by atoms with van der Waals surface area (Å²) in [5, 5.41) is 10.1. The molecule has 0 spiro atoms. The molecule has 1 heterocycles. The van der Waals surface area contributed by atoms with Gasteiger partial charge in [0.25, 0.3) is 16.8 Å². The van der Waals surface area contributed by atoms with Crippen molar-refractivity contribution >= 4 is 46.5 Å². The van der Waals surface area contributed by atoms with E-state index >= 15 is 0 Å². The van der Waals surface area contributed by atoms with E-state index in [2.05, 4.69) is 0 Å². The van der Waals surface area contributed by atoms with E-state index in [4.69, 9.17) is 10.5 Å². The summed E-state index contributed by atoms with van der Waals surface area (Å²) in [7, 11) is 0. The number of esters is 1. The number of amides is 3. The molecule has 11 heteroatoms. The number of non-ortho nitro benzene ring substituents is 1.